The number of hydrogen-bond acceptors (Lipinski definition) is 4. The second-order valence-corrected chi connectivity index (χ2v) is 12.8. The van der Waals surface area contributed by atoms with E-state index in [9.17, 15) is 0 Å². The standard InChI is InChI=1S/C45H26N4O/c1-3-11-27(12-4-1)43-46-44(28-13-5-2-6-14-28)48-45(47-43)34-18-10-20-40-41(34)36-26-30(22-24-39(36)50-40)29-21-23-38-35(25-29)33-17-9-16-32-31-15-7-8-19-37(31)49(38)42(32)33/h1-26H. The summed E-state index contributed by atoms with van der Waals surface area (Å²) < 4.78 is 8.86. The van der Waals surface area contributed by atoms with E-state index < -0.39 is 0 Å². The Morgan fingerprint density at radius 1 is 0.380 bits per heavy atom. The van der Waals surface area contributed by atoms with Crippen LogP contribution in [0.5, 0.6) is 0 Å². The first-order chi connectivity index (χ1) is 24.8. The molecule has 0 unspecified atom stereocenters. The number of aromatic nitrogens is 4. The molecule has 7 aromatic carbocycles. The monoisotopic (exact) mass is 638 g/mol. The van der Waals surface area contributed by atoms with E-state index in [1.165, 1.54) is 38.1 Å². The first kappa shape index (κ1) is 27.1. The second-order valence-electron chi connectivity index (χ2n) is 12.8. The lowest BCUT2D eigenvalue weighted by Crippen LogP contribution is -2.00. The highest BCUT2D eigenvalue weighted by Gasteiger charge is 2.20. The van der Waals surface area contributed by atoms with Crippen molar-refractivity contribution in [3.8, 4) is 45.3 Å². The Labute approximate surface area is 286 Å². The zero-order valence-electron chi connectivity index (χ0n) is 26.7. The average molecular weight is 639 g/mol. The molecule has 0 aliphatic rings. The Kier molecular flexibility index (Phi) is 5.60. The fourth-order valence-electron chi connectivity index (χ4n) is 7.73. The Hall–Kier alpha value is -6.85. The van der Waals surface area contributed by atoms with Crippen LogP contribution in [0.4, 0.5) is 0 Å². The van der Waals surface area contributed by atoms with Crippen molar-refractivity contribution in [2.24, 2.45) is 0 Å². The molecular weight excluding hydrogens is 613 g/mol. The number of furan rings is 1. The molecule has 5 nitrogen and oxygen atoms in total. The highest BCUT2D eigenvalue weighted by molar-refractivity contribution is 6.23. The van der Waals surface area contributed by atoms with E-state index in [4.69, 9.17) is 19.4 Å². The maximum atomic E-state index is 6.45. The van der Waals surface area contributed by atoms with Gasteiger partial charge in [-0.2, -0.15) is 0 Å². The van der Waals surface area contributed by atoms with E-state index in [1.807, 2.05) is 72.8 Å². The van der Waals surface area contributed by atoms with E-state index in [1.54, 1.807) is 0 Å². The topological polar surface area (TPSA) is 56.2 Å². The quantitative estimate of drug-likeness (QED) is 0.192. The van der Waals surface area contributed by atoms with Crippen molar-refractivity contribution in [3.63, 3.8) is 0 Å². The molecule has 0 aliphatic heterocycles. The third-order valence-corrected chi connectivity index (χ3v) is 9.99. The van der Waals surface area contributed by atoms with Gasteiger partial charge in [-0.15, -0.1) is 0 Å². The molecule has 4 aromatic heterocycles. The van der Waals surface area contributed by atoms with E-state index in [0.717, 1.165) is 49.8 Å². The van der Waals surface area contributed by atoms with Gasteiger partial charge in [-0.1, -0.05) is 121 Å². The van der Waals surface area contributed by atoms with Crippen LogP contribution in [0, 0.1) is 0 Å². The summed E-state index contributed by atoms with van der Waals surface area (Å²) in [7, 11) is 0. The maximum absolute atomic E-state index is 6.45. The van der Waals surface area contributed by atoms with Gasteiger partial charge in [-0.05, 0) is 47.5 Å². The summed E-state index contributed by atoms with van der Waals surface area (Å²) in [6, 6.07) is 54.9. The van der Waals surface area contributed by atoms with Crippen LogP contribution >= 0.6 is 0 Å². The summed E-state index contributed by atoms with van der Waals surface area (Å²) in [5.74, 6) is 1.87. The molecule has 0 bridgehead atoms. The third-order valence-electron chi connectivity index (χ3n) is 9.99. The fourth-order valence-corrected chi connectivity index (χ4v) is 7.73. The fraction of sp³-hybridized carbons (Fsp3) is 0. The van der Waals surface area contributed by atoms with Crippen molar-refractivity contribution in [2.45, 2.75) is 0 Å². The van der Waals surface area contributed by atoms with Gasteiger partial charge in [0.1, 0.15) is 11.2 Å². The van der Waals surface area contributed by atoms with Crippen LogP contribution in [0.2, 0.25) is 0 Å². The largest absolute Gasteiger partial charge is 0.456 e. The molecule has 4 heterocycles. The molecule has 0 radical (unpaired) electrons. The molecule has 0 N–H and O–H groups in total. The van der Waals surface area contributed by atoms with E-state index >= 15 is 0 Å². The molecule has 0 atom stereocenters. The molecule has 0 fully saturated rings. The normalized spacial score (nSPS) is 12.0. The van der Waals surface area contributed by atoms with Crippen LogP contribution in [0.15, 0.2) is 162 Å². The van der Waals surface area contributed by atoms with Crippen molar-refractivity contribution in [1.82, 2.24) is 19.4 Å². The molecule has 0 spiro atoms. The minimum Gasteiger partial charge on any atom is -0.456 e. The zero-order chi connectivity index (χ0) is 32.8. The summed E-state index contributed by atoms with van der Waals surface area (Å²) >= 11 is 0. The molecule has 11 rings (SSSR count). The van der Waals surface area contributed by atoms with E-state index in [2.05, 4.69) is 89.3 Å². The maximum Gasteiger partial charge on any atom is 0.164 e. The second kappa shape index (κ2) is 10.3. The van der Waals surface area contributed by atoms with E-state index in [0.29, 0.717) is 17.5 Å². The summed E-state index contributed by atoms with van der Waals surface area (Å²) in [6.45, 7) is 0. The highest BCUT2D eigenvalue weighted by Crippen LogP contribution is 2.42. The first-order valence-corrected chi connectivity index (χ1v) is 16.8. The van der Waals surface area contributed by atoms with Crippen molar-refractivity contribution in [2.75, 3.05) is 0 Å². The predicted molar refractivity (Wildman–Crippen MR) is 204 cm³/mol. The molecule has 5 heteroatoms. The molecule has 0 amide bonds. The Morgan fingerprint density at radius 2 is 0.960 bits per heavy atom. The summed E-state index contributed by atoms with van der Waals surface area (Å²) in [5, 5.41) is 7.11. The third kappa shape index (κ3) is 3.92. The van der Waals surface area contributed by atoms with Crippen LogP contribution < -0.4 is 0 Å². The highest BCUT2D eigenvalue weighted by atomic mass is 16.3. The Morgan fingerprint density at radius 3 is 1.72 bits per heavy atom. The van der Waals surface area contributed by atoms with Crippen LogP contribution in [0.1, 0.15) is 0 Å². The average Bonchev–Trinajstić information content (AvgIpc) is 3.85. The summed E-state index contributed by atoms with van der Waals surface area (Å²) in [4.78, 5) is 15.0. The zero-order valence-corrected chi connectivity index (χ0v) is 26.7. The SMILES string of the molecule is c1ccc(-c2nc(-c3ccccc3)nc(-c3cccc4oc5ccc(-c6ccc7c(c6)c6cccc8c9ccccc9n7c86)cc5c34)n2)cc1. The minimum absolute atomic E-state index is 0.608. The van der Waals surface area contributed by atoms with Crippen LogP contribution in [-0.2, 0) is 0 Å². The van der Waals surface area contributed by atoms with Gasteiger partial charge in [0.25, 0.3) is 0 Å². The molecule has 232 valence electrons. The number of nitrogens with zero attached hydrogens (tertiary/aromatic N) is 4. The lowest BCUT2D eigenvalue weighted by molar-refractivity contribution is 0.669. The van der Waals surface area contributed by atoms with Crippen LogP contribution in [0.25, 0.3) is 105 Å². The van der Waals surface area contributed by atoms with Crippen molar-refractivity contribution in [3.05, 3.63) is 158 Å². The van der Waals surface area contributed by atoms with E-state index in [-0.39, 0.29) is 0 Å². The predicted octanol–water partition coefficient (Wildman–Crippen LogP) is 11.6. The number of fused-ring (bicyclic) bond motifs is 9. The smallest absolute Gasteiger partial charge is 0.164 e. The number of benzene rings is 7. The molecule has 0 saturated carbocycles. The summed E-state index contributed by atoms with van der Waals surface area (Å²) in [6.07, 6.45) is 0. The minimum atomic E-state index is 0.608. The van der Waals surface area contributed by atoms with Gasteiger partial charge >= 0.3 is 0 Å². The van der Waals surface area contributed by atoms with Gasteiger partial charge in [0.2, 0.25) is 0 Å². The first-order valence-electron chi connectivity index (χ1n) is 16.8. The van der Waals surface area contributed by atoms with Gasteiger partial charge in [-0.25, -0.2) is 15.0 Å². The van der Waals surface area contributed by atoms with Crippen molar-refractivity contribution >= 4 is 60.0 Å². The number of rotatable bonds is 4. The molecule has 50 heavy (non-hydrogen) atoms. The Bertz CT molecular complexity index is 3030. The molecule has 11 aromatic rings. The van der Waals surface area contributed by atoms with Gasteiger partial charge < -0.3 is 8.82 Å². The molecule has 0 aliphatic carbocycles. The molecule has 0 saturated heterocycles. The Balaban J connectivity index is 1.11. The van der Waals surface area contributed by atoms with Gasteiger partial charge in [0, 0.05) is 49.0 Å². The van der Waals surface area contributed by atoms with Crippen molar-refractivity contribution < 1.29 is 4.42 Å². The number of para-hydroxylation sites is 2. The summed E-state index contributed by atoms with van der Waals surface area (Å²) in [5.41, 5.74) is 10.4. The molecular formula is C45H26N4O. The number of hydrogen-bond donors (Lipinski definition) is 0. The van der Waals surface area contributed by atoms with Gasteiger partial charge in [0.15, 0.2) is 17.5 Å². The lowest BCUT2D eigenvalue weighted by Gasteiger charge is -2.09. The lowest BCUT2D eigenvalue weighted by atomic mass is 9.99. The van der Waals surface area contributed by atoms with Gasteiger partial charge in [0.05, 0.1) is 16.6 Å². The van der Waals surface area contributed by atoms with Crippen LogP contribution in [0.3, 0.4) is 0 Å². The van der Waals surface area contributed by atoms with Crippen molar-refractivity contribution in [1.29, 1.82) is 0 Å². The van der Waals surface area contributed by atoms with Crippen LogP contribution in [-0.4, -0.2) is 19.4 Å². The van der Waals surface area contributed by atoms with Gasteiger partial charge in [-0.3, -0.25) is 0 Å².